The zero-order valence-corrected chi connectivity index (χ0v) is 15.3. The molecule has 0 saturated heterocycles. The standard InChI is InChI=1S/C20H17ClFNO3/c1-20(2,3)26-19(25)23-17-11-13(21)7-8-15(17)16(18(23)24)10-12-5-4-6-14(22)9-12/h4-11H,1-3H3. The number of ether oxygens (including phenoxy) is 1. The van der Waals surface area contributed by atoms with E-state index in [1.165, 1.54) is 18.2 Å². The molecule has 1 aliphatic heterocycles. The quantitative estimate of drug-likeness (QED) is 0.637. The Bertz CT molecular complexity index is 931. The third-order valence-corrected chi connectivity index (χ3v) is 3.90. The van der Waals surface area contributed by atoms with E-state index in [1.54, 1.807) is 51.1 Å². The first-order chi connectivity index (χ1) is 12.2. The molecule has 0 radical (unpaired) electrons. The number of imide groups is 1. The fraction of sp³-hybridized carbons (Fsp3) is 0.200. The predicted molar refractivity (Wildman–Crippen MR) is 99.4 cm³/mol. The Balaban J connectivity index is 2.09. The molecule has 0 aliphatic carbocycles. The fourth-order valence-electron chi connectivity index (χ4n) is 2.65. The highest BCUT2D eigenvalue weighted by Crippen LogP contribution is 2.40. The molecular weight excluding hydrogens is 357 g/mol. The average molecular weight is 374 g/mol. The van der Waals surface area contributed by atoms with Gasteiger partial charge in [0.2, 0.25) is 0 Å². The maximum absolute atomic E-state index is 13.5. The molecule has 0 spiro atoms. The maximum Gasteiger partial charge on any atom is 0.422 e. The van der Waals surface area contributed by atoms with Gasteiger partial charge in [0, 0.05) is 10.6 Å². The summed E-state index contributed by atoms with van der Waals surface area (Å²) in [5.41, 5.74) is 0.910. The van der Waals surface area contributed by atoms with Crippen molar-refractivity contribution in [2.75, 3.05) is 4.90 Å². The molecule has 1 aliphatic rings. The summed E-state index contributed by atoms with van der Waals surface area (Å²) >= 11 is 6.04. The molecule has 2 amide bonds. The average Bonchev–Trinajstić information content (AvgIpc) is 2.77. The lowest BCUT2D eigenvalue weighted by molar-refractivity contribution is -0.112. The number of halogens is 2. The summed E-state index contributed by atoms with van der Waals surface area (Å²) < 4.78 is 18.8. The van der Waals surface area contributed by atoms with Crippen molar-refractivity contribution in [3.05, 3.63) is 64.4 Å². The third kappa shape index (κ3) is 3.63. The van der Waals surface area contributed by atoms with Crippen molar-refractivity contribution in [3.8, 4) is 0 Å². The molecule has 4 nitrogen and oxygen atoms in total. The summed E-state index contributed by atoms with van der Waals surface area (Å²) in [6, 6.07) is 10.7. The number of carbonyl (C=O) groups excluding carboxylic acids is 2. The highest BCUT2D eigenvalue weighted by atomic mass is 35.5. The van der Waals surface area contributed by atoms with Gasteiger partial charge in [0.15, 0.2) is 0 Å². The van der Waals surface area contributed by atoms with Gasteiger partial charge in [-0.2, -0.15) is 0 Å². The number of carbonyl (C=O) groups is 2. The second-order valence-corrected chi connectivity index (χ2v) is 7.33. The van der Waals surface area contributed by atoms with Gasteiger partial charge in [-0.05, 0) is 56.7 Å². The van der Waals surface area contributed by atoms with Crippen molar-refractivity contribution in [1.29, 1.82) is 0 Å². The number of benzene rings is 2. The molecule has 1 heterocycles. The molecular formula is C20H17ClFNO3. The van der Waals surface area contributed by atoms with Gasteiger partial charge in [0.25, 0.3) is 5.91 Å². The summed E-state index contributed by atoms with van der Waals surface area (Å²) in [6.45, 7) is 5.15. The molecule has 3 rings (SSSR count). The number of rotatable bonds is 1. The SMILES string of the molecule is CC(C)(C)OC(=O)N1C(=O)C(=Cc2cccc(F)c2)c2ccc(Cl)cc21. The van der Waals surface area contributed by atoms with Crippen LogP contribution in [0, 0.1) is 5.82 Å². The van der Waals surface area contributed by atoms with Crippen LogP contribution in [-0.4, -0.2) is 17.6 Å². The van der Waals surface area contributed by atoms with Gasteiger partial charge in [0.05, 0.1) is 11.3 Å². The molecule has 0 saturated carbocycles. The van der Waals surface area contributed by atoms with Crippen molar-refractivity contribution in [2.45, 2.75) is 26.4 Å². The second-order valence-electron chi connectivity index (χ2n) is 6.90. The lowest BCUT2D eigenvalue weighted by atomic mass is 10.0. The first-order valence-corrected chi connectivity index (χ1v) is 8.38. The van der Waals surface area contributed by atoms with Gasteiger partial charge in [0.1, 0.15) is 11.4 Å². The number of hydrogen-bond donors (Lipinski definition) is 0. The van der Waals surface area contributed by atoms with Crippen LogP contribution in [0.2, 0.25) is 5.02 Å². The van der Waals surface area contributed by atoms with E-state index < -0.39 is 23.4 Å². The molecule has 2 aromatic rings. The van der Waals surface area contributed by atoms with E-state index in [1.807, 2.05) is 0 Å². The molecule has 0 atom stereocenters. The second kappa shape index (κ2) is 6.57. The van der Waals surface area contributed by atoms with Gasteiger partial charge in [-0.25, -0.2) is 14.1 Å². The Labute approximate surface area is 155 Å². The van der Waals surface area contributed by atoms with Gasteiger partial charge in [-0.15, -0.1) is 0 Å². The summed E-state index contributed by atoms with van der Waals surface area (Å²) in [6.07, 6.45) is 0.761. The van der Waals surface area contributed by atoms with Crippen molar-refractivity contribution >= 4 is 40.9 Å². The van der Waals surface area contributed by atoms with Crippen molar-refractivity contribution < 1.29 is 18.7 Å². The van der Waals surface area contributed by atoms with E-state index in [4.69, 9.17) is 16.3 Å². The first-order valence-electron chi connectivity index (χ1n) is 8.00. The summed E-state index contributed by atoms with van der Waals surface area (Å²) in [7, 11) is 0. The van der Waals surface area contributed by atoms with E-state index in [0.29, 0.717) is 21.8 Å². The Morgan fingerprint density at radius 2 is 1.92 bits per heavy atom. The van der Waals surface area contributed by atoms with Gasteiger partial charge < -0.3 is 4.74 Å². The van der Waals surface area contributed by atoms with Crippen LogP contribution in [0.4, 0.5) is 14.9 Å². The van der Waals surface area contributed by atoms with Crippen molar-refractivity contribution in [1.82, 2.24) is 0 Å². The van der Waals surface area contributed by atoms with Crippen LogP contribution in [0.15, 0.2) is 42.5 Å². The normalized spacial score (nSPS) is 15.3. The molecule has 134 valence electrons. The first kappa shape index (κ1) is 18.1. The van der Waals surface area contributed by atoms with Crippen molar-refractivity contribution in [2.24, 2.45) is 0 Å². The molecule has 0 bridgehead atoms. The van der Waals surface area contributed by atoms with Crippen LogP contribution < -0.4 is 4.90 Å². The van der Waals surface area contributed by atoms with E-state index in [0.717, 1.165) is 4.90 Å². The zero-order valence-electron chi connectivity index (χ0n) is 14.5. The van der Waals surface area contributed by atoms with Crippen LogP contribution in [-0.2, 0) is 9.53 Å². The molecule has 0 fully saturated rings. The number of nitrogens with zero attached hydrogens (tertiary/aromatic N) is 1. The fourth-order valence-corrected chi connectivity index (χ4v) is 2.82. The summed E-state index contributed by atoms with van der Waals surface area (Å²) in [5.74, 6) is -0.953. The predicted octanol–water partition coefficient (Wildman–Crippen LogP) is 5.30. The molecule has 0 unspecified atom stereocenters. The molecule has 2 aromatic carbocycles. The van der Waals surface area contributed by atoms with Crippen LogP contribution in [0.1, 0.15) is 31.9 Å². The molecule has 0 aromatic heterocycles. The monoisotopic (exact) mass is 373 g/mol. The van der Waals surface area contributed by atoms with Crippen LogP contribution >= 0.6 is 11.6 Å². The topological polar surface area (TPSA) is 46.6 Å². The number of anilines is 1. The minimum atomic E-state index is -0.784. The van der Waals surface area contributed by atoms with E-state index in [9.17, 15) is 14.0 Å². The van der Waals surface area contributed by atoms with Crippen LogP contribution in [0.5, 0.6) is 0 Å². The van der Waals surface area contributed by atoms with E-state index in [2.05, 4.69) is 0 Å². The lowest BCUT2D eigenvalue weighted by Crippen LogP contribution is -2.38. The minimum absolute atomic E-state index is 0.271. The number of hydrogen-bond acceptors (Lipinski definition) is 3. The summed E-state index contributed by atoms with van der Waals surface area (Å²) in [4.78, 5) is 26.4. The molecule has 0 N–H and O–H groups in total. The van der Waals surface area contributed by atoms with Gasteiger partial charge in [-0.3, -0.25) is 4.79 Å². The summed E-state index contributed by atoms with van der Waals surface area (Å²) in [5, 5.41) is 0.386. The van der Waals surface area contributed by atoms with E-state index in [-0.39, 0.29) is 5.57 Å². The largest absolute Gasteiger partial charge is 0.443 e. The highest BCUT2D eigenvalue weighted by molar-refractivity contribution is 6.42. The van der Waals surface area contributed by atoms with Gasteiger partial charge >= 0.3 is 6.09 Å². The molecule has 26 heavy (non-hydrogen) atoms. The van der Waals surface area contributed by atoms with Crippen molar-refractivity contribution in [3.63, 3.8) is 0 Å². The minimum Gasteiger partial charge on any atom is -0.443 e. The number of fused-ring (bicyclic) bond motifs is 1. The molecule has 6 heteroatoms. The smallest absolute Gasteiger partial charge is 0.422 e. The van der Waals surface area contributed by atoms with Gasteiger partial charge in [-0.1, -0.05) is 29.8 Å². The highest BCUT2D eigenvalue weighted by Gasteiger charge is 2.39. The van der Waals surface area contributed by atoms with Crippen LogP contribution in [0.3, 0.4) is 0 Å². The van der Waals surface area contributed by atoms with Crippen LogP contribution in [0.25, 0.3) is 11.6 Å². The Morgan fingerprint density at radius 1 is 1.19 bits per heavy atom. The Morgan fingerprint density at radius 3 is 2.58 bits per heavy atom. The maximum atomic E-state index is 13.5. The van der Waals surface area contributed by atoms with E-state index >= 15 is 0 Å². The Hall–Kier alpha value is -2.66. The third-order valence-electron chi connectivity index (χ3n) is 3.66. The Kier molecular flexibility index (Phi) is 4.59. The lowest BCUT2D eigenvalue weighted by Gasteiger charge is -2.23. The number of amides is 2. The zero-order chi connectivity index (χ0) is 19.1.